The molecular formula is C21H21ClN4O. The molecule has 0 aromatic heterocycles. The van der Waals surface area contributed by atoms with E-state index in [-0.39, 0.29) is 0 Å². The van der Waals surface area contributed by atoms with Crippen molar-refractivity contribution in [1.29, 1.82) is 5.26 Å². The Labute approximate surface area is 164 Å². The summed E-state index contributed by atoms with van der Waals surface area (Å²) < 4.78 is 0. The number of aliphatic hydroxyl groups is 1. The first-order valence-corrected chi connectivity index (χ1v) is 9.27. The van der Waals surface area contributed by atoms with Crippen LogP contribution in [0.3, 0.4) is 0 Å². The van der Waals surface area contributed by atoms with Gasteiger partial charge in [-0.2, -0.15) is 15.5 Å². The number of rotatable bonds is 6. The first kappa shape index (κ1) is 19.1. The van der Waals surface area contributed by atoms with E-state index in [2.05, 4.69) is 21.6 Å². The second kappa shape index (κ2) is 8.34. The van der Waals surface area contributed by atoms with E-state index in [4.69, 9.17) is 11.6 Å². The van der Waals surface area contributed by atoms with Gasteiger partial charge in [-0.3, -0.25) is 0 Å². The highest BCUT2D eigenvalue weighted by atomic mass is 35.5. The molecule has 0 radical (unpaired) electrons. The fourth-order valence-electron chi connectivity index (χ4n) is 3.17. The maximum Gasteiger partial charge on any atom is 0.101 e. The number of nitrogens with one attached hydrogen (secondary N) is 1. The van der Waals surface area contributed by atoms with E-state index in [1.165, 1.54) is 0 Å². The smallest absolute Gasteiger partial charge is 0.101 e. The van der Waals surface area contributed by atoms with Crippen molar-refractivity contribution in [3.05, 3.63) is 64.2 Å². The van der Waals surface area contributed by atoms with Crippen molar-refractivity contribution in [2.75, 3.05) is 5.32 Å². The summed E-state index contributed by atoms with van der Waals surface area (Å²) in [4.78, 5) is 0. The van der Waals surface area contributed by atoms with Crippen LogP contribution in [0.15, 0.2) is 52.7 Å². The predicted octanol–water partition coefficient (Wildman–Crippen LogP) is 4.18. The van der Waals surface area contributed by atoms with Crippen LogP contribution in [0.25, 0.3) is 0 Å². The number of aliphatic hydroxyl groups excluding tert-OH is 1. The summed E-state index contributed by atoms with van der Waals surface area (Å²) in [5.41, 5.74) is 4.77. The maximum absolute atomic E-state index is 10.3. The SMILES string of the molecule is CCc1c(N[C@@H](C2=NN=C(c3ccccc3)C2)[C@H](C)O)ccc(C#N)c1Cl. The van der Waals surface area contributed by atoms with Crippen LogP contribution in [-0.2, 0) is 6.42 Å². The quantitative estimate of drug-likeness (QED) is 0.788. The van der Waals surface area contributed by atoms with Crippen molar-refractivity contribution < 1.29 is 5.11 Å². The van der Waals surface area contributed by atoms with Crippen LogP contribution >= 0.6 is 11.6 Å². The molecule has 2 N–H and O–H groups in total. The van der Waals surface area contributed by atoms with Crippen LogP contribution < -0.4 is 5.32 Å². The zero-order valence-corrected chi connectivity index (χ0v) is 16.0. The average Bonchev–Trinajstić information content (AvgIpc) is 3.16. The Kier molecular flexibility index (Phi) is 5.90. The highest BCUT2D eigenvalue weighted by molar-refractivity contribution is 6.33. The molecule has 0 aliphatic carbocycles. The third-order valence-corrected chi connectivity index (χ3v) is 5.06. The Hall–Kier alpha value is -2.68. The van der Waals surface area contributed by atoms with Gasteiger partial charge in [-0.1, -0.05) is 48.9 Å². The van der Waals surface area contributed by atoms with Crippen molar-refractivity contribution in [3.63, 3.8) is 0 Å². The van der Waals surface area contributed by atoms with E-state index in [0.29, 0.717) is 23.4 Å². The number of nitriles is 1. The van der Waals surface area contributed by atoms with Crippen LogP contribution in [-0.4, -0.2) is 28.7 Å². The molecule has 0 amide bonds. The van der Waals surface area contributed by atoms with E-state index in [1.54, 1.807) is 13.0 Å². The van der Waals surface area contributed by atoms with Gasteiger partial charge < -0.3 is 10.4 Å². The normalized spacial score (nSPS) is 15.5. The van der Waals surface area contributed by atoms with Crippen LogP contribution in [0, 0.1) is 11.3 Å². The second-order valence-electron chi connectivity index (χ2n) is 6.46. The molecule has 2 atom stereocenters. The van der Waals surface area contributed by atoms with Crippen molar-refractivity contribution in [2.45, 2.75) is 38.8 Å². The molecule has 1 heterocycles. The van der Waals surface area contributed by atoms with Gasteiger partial charge >= 0.3 is 0 Å². The summed E-state index contributed by atoms with van der Waals surface area (Å²) in [5.74, 6) is 0. The fourth-order valence-corrected chi connectivity index (χ4v) is 3.51. The van der Waals surface area contributed by atoms with Gasteiger partial charge in [0.25, 0.3) is 0 Å². The van der Waals surface area contributed by atoms with Gasteiger partial charge in [-0.25, -0.2) is 0 Å². The van der Waals surface area contributed by atoms with E-state index in [1.807, 2.05) is 43.3 Å². The van der Waals surface area contributed by atoms with E-state index >= 15 is 0 Å². The maximum atomic E-state index is 10.3. The van der Waals surface area contributed by atoms with Gasteiger partial charge in [0.05, 0.1) is 34.2 Å². The minimum absolute atomic E-state index is 0.399. The molecule has 5 nitrogen and oxygen atoms in total. The summed E-state index contributed by atoms with van der Waals surface area (Å²) in [6, 6.07) is 15.1. The minimum Gasteiger partial charge on any atom is -0.391 e. The van der Waals surface area contributed by atoms with Gasteiger partial charge in [0.15, 0.2) is 0 Å². The lowest BCUT2D eigenvalue weighted by Crippen LogP contribution is -2.39. The molecule has 0 saturated carbocycles. The molecule has 0 unspecified atom stereocenters. The number of hydrogen-bond acceptors (Lipinski definition) is 5. The first-order chi connectivity index (χ1) is 13.0. The lowest BCUT2D eigenvalue weighted by Gasteiger charge is -2.24. The number of halogens is 1. The lowest BCUT2D eigenvalue weighted by atomic mass is 9.97. The van der Waals surface area contributed by atoms with Gasteiger partial charge in [0.1, 0.15) is 6.07 Å². The molecule has 0 bridgehead atoms. The standard InChI is InChI=1S/C21H21ClN4O/c1-3-16-17(10-9-15(12-23)20(16)22)24-21(13(2)27)19-11-18(25-26-19)14-7-5-4-6-8-14/h4-10,13,21,24,27H,3,11H2,1-2H3/t13-,21+/m0/s1. The molecule has 27 heavy (non-hydrogen) atoms. The molecule has 1 aliphatic heterocycles. The number of nitrogens with zero attached hydrogens (tertiary/aromatic N) is 3. The average molecular weight is 381 g/mol. The van der Waals surface area contributed by atoms with Gasteiger partial charge in [-0.15, -0.1) is 0 Å². The second-order valence-corrected chi connectivity index (χ2v) is 6.84. The monoisotopic (exact) mass is 380 g/mol. The minimum atomic E-state index is -0.673. The molecule has 0 spiro atoms. The van der Waals surface area contributed by atoms with E-state index in [0.717, 1.165) is 28.2 Å². The number of benzene rings is 2. The Bertz CT molecular complexity index is 929. The van der Waals surface area contributed by atoms with Crippen LogP contribution in [0.5, 0.6) is 0 Å². The highest BCUT2D eigenvalue weighted by Gasteiger charge is 2.27. The Morgan fingerprint density at radius 2 is 1.96 bits per heavy atom. The first-order valence-electron chi connectivity index (χ1n) is 8.90. The number of anilines is 1. The van der Waals surface area contributed by atoms with Gasteiger partial charge in [-0.05, 0) is 36.6 Å². The molecule has 138 valence electrons. The molecule has 6 heteroatoms. The van der Waals surface area contributed by atoms with Crippen molar-refractivity contribution >= 4 is 28.7 Å². The zero-order chi connectivity index (χ0) is 19.4. The van der Waals surface area contributed by atoms with Crippen molar-refractivity contribution in [1.82, 2.24) is 0 Å². The zero-order valence-electron chi connectivity index (χ0n) is 15.3. The van der Waals surface area contributed by atoms with Crippen LogP contribution in [0.4, 0.5) is 5.69 Å². The summed E-state index contributed by atoms with van der Waals surface area (Å²) in [6.45, 7) is 3.70. The molecule has 1 aliphatic rings. The lowest BCUT2D eigenvalue weighted by molar-refractivity contribution is 0.192. The van der Waals surface area contributed by atoms with E-state index < -0.39 is 12.1 Å². The van der Waals surface area contributed by atoms with Crippen LogP contribution in [0.2, 0.25) is 5.02 Å². The predicted molar refractivity (Wildman–Crippen MR) is 110 cm³/mol. The van der Waals surface area contributed by atoms with Gasteiger partial charge in [0.2, 0.25) is 0 Å². The summed E-state index contributed by atoms with van der Waals surface area (Å²) in [7, 11) is 0. The van der Waals surface area contributed by atoms with Crippen LogP contribution in [0.1, 0.15) is 37.0 Å². The summed E-state index contributed by atoms with van der Waals surface area (Å²) in [6.07, 6.45) is 0.563. The molecule has 2 aromatic rings. The largest absolute Gasteiger partial charge is 0.391 e. The number of hydrogen-bond donors (Lipinski definition) is 2. The Morgan fingerprint density at radius 3 is 2.59 bits per heavy atom. The summed E-state index contributed by atoms with van der Waals surface area (Å²) in [5, 5.41) is 32.0. The van der Waals surface area contributed by atoms with Gasteiger partial charge in [0, 0.05) is 12.1 Å². The molecule has 0 fully saturated rings. The van der Waals surface area contributed by atoms with Crippen molar-refractivity contribution in [3.8, 4) is 6.07 Å². The fraction of sp³-hybridized carbons (Fsp3) is 0.286. The molecule has 0 saturated heterocycles. The Balaban J connectivity index is 1.83. The topological polar surface area (TPSA) is 80.8 Å². The van der Waals surface area contributed by atoms with Crippen molar-refractivity contribution in [2.24, 2.45) is 10.2 Å². The Morgan fingerprint density at radius 1 is 1.22 bits per heavy atom. The summed E-state index contributed by atoms with van der Waals surface area (Å²) >= 11 is 6.36. The molecule has 3 rings (SSSR count). The third-order valence-electron chi connectivity index (χ3n) is 4.62. The van der Waals surface area contributed by atoms with E-state index in [9.17, 15) is 10.4 Å². The third kappa shape index (κ3) is 4.02. The molecular weight excluding hydrogens is 360 g/mol. The molecule has 2 aromatic carbocycles. The highest BCUT2D eigenvalue weighted by Crippen LogP contribution is 2.30.